The van der Waals surface area contributed by atoms with Crippen LogP contribution in [-0.2, 0) is 9.59 Å². The zero-order chi connectivity index (χ0) is 17.6. The van der Waals surface area contributed by atoms with Gasteiger partial charge in [0.15, 0.2) is 6.61 Å². The van der Waals surface area contributed by atoms with E-state index in [4.69, 9.17) is 9.84 Å². The van der Waals surface area contributed by atoms with E-state index in [0.29, 0.717) is 25.1 Å². The summed E-state index contributed by atoms with van der Waals surface area (Å²) in [5.74, 6) is -0.843. The zero-order valence-corrected chi connectivity index (χ0v) is 13.9. The SMILES string of the molecule is O=C(O)[C@H]1CCCN(C(=O)COc2ccccc2-c2ccccc2)C1. The number of para-hydroxylation sites is 1. The Morgan fingerprint density at radius 2 is 1.80 bits per heavy atom. The number of hydrogen-bond acceptors (Lipinski definition) is 3. The summed E-state index contributed by atoms with van der Waals surface area (Å²) in [6.45, 7) is 0.764. The predicted octanol–water partition coefficient (Wildman–Crippen LogP) is 3.06. The Kier molecular flexibility index (Phi) is 5.33. The van der Waals surface area contributed by atoms with Crippen LogP contribution in [0.25, 0.3) is 11.1 Å². The van der Waals surface area contributed by atoms with E-state index in [2.05, 4.69) is 0 Å². The Balaban J connectivity index is 1.66. The number of carbonyl (C=O) groups excluding carboxylic acids is 1. The standard InChI is InChI=1S/C20H21NO4/c22-19(21-12-6-9-16(13-21)20(23)24)14-25-18-11-5-4-10-17(18)15-7-2-1-3-8-15/h1-5,7-8,10-11,16H,6,9,12-14H2,(H,23,24)/t16-/m0/s1. The number of ether oxygens (including phenoxy) is 1. The third kappa shape index (κ3) is 4.18. The van der Waals surface area contributed by atoms with E-state index in [1.54, 1.807) is 4.90 Å². The number of benzene rings is 2. The van der Waals surface area contributed by atoms with Crippen LogP contribution in [0.4, 0.5) is 0 Å². The van der Waals surface area contributed by atoms with Crippen LogP contribution in [0.2, 0.25) is 0 Å². The van der Waals surface area contributed by atoms with Crippen molar-refractivity contribution in [3.8, 4) is 16.9 Å². The number of carboxylic acids is 1. The molecule has 1 aliphatic heterocycles. The van der Waals surface area contributed by atoms with E-state index in [1.807, 2.05) is 54.6 Å². The fourth-order valence-corrected chi connectivity index (χ4v) is 3.08. The van der Waals surface area contributed by atoms with Crippen molar-refractivity contribution in [1.82, 2.24) is 4.90 Å². The van der Waals surface area contributed by atoms with Gasteiger partial charge >= 0.3 is 5.97 Å². The maximum Gasteiger partial charge on any atom is 0.308 e. The monoisotopic (exact) mass is 339 g/mol. The summed E-state index contributed by atoms with van der Waals surface area (Å²) in [4.78, 5) is 25.1. The molecule has 130 valence electrons. The van der Waals surface area contributed by atoms with Crippen LogP contribution in [0.5, 0.6) is 5.75 Å². The topological polar surface area (TPSA) is 66.8 Å². The molecule has 5 nitrogen and oxygen atoms in total. The van der Waals surface area contributed by atoms with Crippen LogP contribution in [0, 0.1) is 5.92 Å². The van der Waals surface area contributed by atoms with Gasteiger partial charge < -0.3 is 14.7 Å². The molecule has 5 heteroatoms. The molecule has 1 heterocycles. The largest absolute Gasteiger partial charge is 0.483 e. The smallest absolute Gasteiger partial charge is 0.308 e. The van der Waals surface area contributed by atoms with Gasteiger partial charge in [0.2, 0.25) is 0 Å². The lowest BCUT2D eigenvalue weighted by Crippen LogP contribution is -2.44. The first-order valence-corrected chi connectivity index (χ1v) is 8.43. The number of aliphatic carboxylic acids is 1. The number of piperidine rings is 1. The minimum Gasteiger partial charge on any atom is -0.483 e. The second kappa shape index (κ2) is 7.83. The first-order valence-electron chi connectivity index (χ1n) is 8.43. The maximum absolute atomic E-state index is 12.4. The van der Waals surface area contributed by atoms with Gasteiger partial charge in [0.05, 0.1) is 5.92 Å². The van der Waals surface area contributed by atoms with E-state index in [0.717, 1.165) is 11.1 Å². The van der Waals surface area contributed by atoms with E-state index in [1.165, 1.54) is 0 Å². The predicted molar refractivity (Wildman–Crippen MR) is 94.3 cm³/mol. The van der Waals surface area contributed by atoms with E-state index < -0.39 is 11.9 Å². The van der Waals surface area contributed by atoms with Gasteiger partial charge in [0.1, 0.15) is 5.75 Å². The van der Waals surface area contributed by atoms with Gasteiger partial charge in [-0.1, -0.05) is 48.5 Å². The minimum absolute atomic E-state index is 0.0871. The molecule has 1 amide bonds. The molecule has 0 radical (unpaired) electrons. The average Bonchev–Trinajstić information content (AvgIpc) is 2.67. The lowest BCUT2D eigenvalue weighted by Gasteiger charge is -2.30. The molecular weight excluding hydrogens is 318 g/mol. The number of likely N-dealkylation sites (tertiary alicyclic amines) is 1. The highest BCUT2D eigenvalue weighted by molar-refractivity contribution is 5.80. The van der Waals surface area contributed by atoms with Crippen molar-refractivity contribution in [3.05, 3.63) is 54.6 Å². The number of carboxylic acid groups (broad SMARTS) is 1. The van der Waals surface area contributed by atoms with Gasteiger partial charge in [-0.15, -0.1) is 0 Å². The second-order valence-electron chi connectivity index (χ2n) is 6.17. The molecule has 0 saturated carbocycles. The lowest BCUT2D eigenvalue weighted by atomic mass is 9.98. The molecule has 1 N–H and O–H groups in total. The van der Waals surface area contributed by atoms with Crippen molar-refractivity contribution in [2.45, 2.75) is 12.8 Å². The van der Waals surface area contributed by atoms with Crippen LogP contribution in [-0.4, -0.2) is 41.6 Å². The first kappa shape index (κ1) is 17.0. The van der Waals surface area contributed by atoms with Crippen LogP contribution in [0.1, 0.15) is 12.8 Å². The number of amides is 1. The van der Waals surface area contributed by atoms with Crippen LogP contribution in [0.3, 0.4) is 0 Å². The molecule has 0 aliphatic carbocycles. The van der Waals surface area contributed by atoms with Gasteiger partial charge in [-0.2, -0.15) is 0 Å². The molecule has 0 aromatic heterocycles. The van der Waals surface area contributed by atoms with E-state index in [9.17, 15) is 9.59 Å². The number of hydrogen-bond donors (Lipinski definition) is 1. The number of carbonyl (C=O) groups is 2. The molecule has 2 aromatic carbocycles. The third-order valence-electron chi connectivity index (χ3n) is 4.45. The lowest BCUT2D eigenvalue weighted by molar-refractivity contribution is -0.146. The number of rotatable bonds is 5. The summed E-state index contributed by atoms with van der Waals surface area (Å²) in [6.07, 6.45) is 1.33. The van der Waals surface area contributed by atoms with Crippen molar-refractivity contribution in [3.63, 3.8) is 0 Å². The fraction of sp³-hybridized carbons (Fsp3) is 0.300. The molecule has 3 rings (SSSR count). The molecule has 1 fully saturated rings. The van der Waals surface area contributed by atoms with Crippen molar-refractivity contribution >= 4 is 11.9 Å². The Morgan fingerprint density at radius 3 is 2.56 bits per heavy atom. The molecule has 0 spiro atoms. The van der Waals surface area contributed by atoms with Gasteiger partial charge in [-0.05, 0) is 24.5 Å². The van der Waals surface area contributed by atoms with Crippen LogP contribution >= 0.6 is 0 Å². The maximum atomic E-state index is 12.4. The molecular formula is C20H21NO4. The Labute approximate surface area is 146 Å². The Bertz CT molecular complexity index is 744. The molecule has 0 unspecified atom stereocenters. The Morgan fingerprint density at radius 1 is 1.08 bits per heavy atom. The fourth-order valence-electron chi connectivity index (χ4n) is 3.08. The quantitative estimate of drug-likeness (QED) is 0.909. The molecule has 1 saturated heterocycles. The summed E-state index contributed by atoms with van der Waals surface area (Å²) in [6, 6.07) is 17.4. The van der Waals surface area contributed by atoms with Crippen LogP contribution < -0.4 is 4.74 Å². The summed E-state index contributed by atoms with van der Waals surface area (Å²) in [7, 11) is 0. The van der Waals surface area contributed by atoms with Crippen molar-refractivity contribution in [1.29, 1.82) is 0 Å². The molecule has 0 bridgehead atoms. The van der Waals surface area contributed by atoms with Gasteiger partial charge in [-0.25, -0.2) is 0 Å². The van der Waals surface area contributed by atoms with E-state index >= 15 is 0 Å². The summed E-state index contributed by atoms with van der Waals surface area (Å²) < 4.78 is 5.76. The van der Waals surface area contributed by atoms with Crippen LogP contribution in [0.15, 0.2) is 54.6 Å². The van der Waals surface area contributed by atoms with Gasteiger partial charge in [0, 0.05) is 18.7 Å². The van der Waals surface area contributed by atoms with Crippen molar-refractivity contribution < 1.29 is 19.4 Å². The summed E-state index contributed by atoms with van der Waals surface area (Å²) >= 11 is 0. The zero-order valence-electron chi connectivity index (χ0n) is 13.9. The van der Waals surface area contributed by atoms with Gasteiger partial charge in [-0.3, -0.25) is 9.59 Å². The van der Waals surface area contributed by atoms with Crippen molar-refractivity contribution in [2.24, 2.45) is 5.92 Å². The van der Waals surface area contributed by atoms with Crippen molar-refractivity contribution in [2.75, 3.05) is 19.7 Å². The Hall–Kier alpha value is -2.82. The normalized spacial score (nSPS) is 17.1. The molecule has 2 aromatic rings. The second-order valence-corrected chi connectivity index (χ2v) is 6.17. The van der Waals surface area contributed by atoms with Gasteiger partial charge in [0.25, 0.3) is 5.91 Å². The van der Waals surface area contributed by atoms with E-state index in [-0.39, 0.29) is 19.1 Å². The minimum atomic E-state index is -0.840. The molecule has 1 atom stereocenters. The number of nitrogens with zero attached hydrogens (tertiary/aromatic N) is 1. The molecule has 25 heavy (non-hydrogen) atoms. The summed E-state index contributed by atoms with van der Waals surface area (Å²) in [5, 5.41) is 9.14. The summed E-state index contributed by atoms with van der Waals surface area (Å²) in [5.41, 5.74) is 1.95. The highest BCUT2D eigenvalue weighted by Gasteiger charge is 2.28. The highest BCUT2D eigenvalue weighted by Crippen LogP contribution is 2.29. The first-order chi connectivity index (χ1) is 12.1. The molecule has 1 aliphatic rings. The third-order valence-corrected chi connectivity index (χ3v) is 4.45. The highest BCUT2D eigenvalue weighted by atomic mass is 16.5. The average molecular weight is 339 g/mol.